The van der Waals surface area contributed by atoms with Crippen molar-refractivity contribution in [3.05, 3.63) is 120 Å². The molecule has 5 heteroatoms. The maximum atomic E-state index is 12.7. The lowest BCUT2D eigenvalue weighted by molar-refractivity contribution is 0.103. The molecular weight excluding hydrogens is 360 g/mol. The minimum absolute atomic E-state index is 0.0142. The molecule has 1 unspecified atom stereocenters. The smallest absolute Gasteiger partial charge is 0.228 e. The SMILES string of the molecule is O=C(c1ccccc1)c1nc2ccc(C(c3ccccc3)n3ccnc3)cc2[nH]1. The van der Waals surface area contributed by atoms with Gasteiger partial charge < -0.3 is 9.55 Å². The van der Waals surface area contributed by atoms with Gasteiger partial charge in [0.25, 0.3) is 0 Å². The molecule has 2 aromatic heterocycles. The van der Waals surface area contributed by atoms with Crippen molar-refractivity contribution in [1.29, 1.82) is 0 Å². The highest BCUT2D eigenvalue weighted by atomic mass is 16.1. The summed E-state index contributed by atoms with van der Waals surface area (Å²) in [5.74, 6) is 0.236. The molecule has 5 nitrogen and oxygen atoms in total. The van der Waals surface area contributed by atoms with Gasteiger partial charge in [0.1, 0.15) is 0 Å². The molecule has 0 radical (unpaired) electrons. The van der Waals surface area contributed by atoms with Gasteiger partial charge in [-0.2, -0.15) is 0 Å². The summed E-state index contributed by atoms with van der Waals surface area (Å²) in [6.45, 7) is 0. The van der Waals surface area contributed by atoms with Crippen LogP contribution in [-0.4, -0.2) is 25.3 Å². The molecule has 1 N–H and O–H groups in total. The number of ketones is 1. The Balaban J connectivity index is 1.58. The van der Waals surface area contributed by atoms with Crippen LogP contribution in [0, 0.1) is 0 Å². The summed E-state index contributed by atoms with van der Waals surface area (Å²) in [5.41, 5.74) is 4.47. The van der Waals surface area contributed by atoms with E-state index in [1.165, 1.54) is 0 Å². The molecule has 0 aliphatic rings. The van der Waals surface area contributed by atoms with Gasteiger partial charge in [-0.15, -0.1) is 0 Å². The summed E-state index contributed by atoms with van der Waals surface area (Å²) < 4.78 is 2.07. The minimum atomic E-state index is -0.113. The van der Waals surface area contributed by atoms with Gasteiger partial charge >= 0.3 is 0 Å². The summed E-state index contributed by atoms with van der Waals surface area (Å²) in [7, 11) is 0. The monoisotopic (exact) mass is 378 g/mol. The molecule has 140 valence electrons. The van der Waals surface area contributed by atoms with E-state index in [1.807, 2.05) is 55.0 Å². The molecule has 0 bridgehead atoms. The van der Waals surface area contributed by atoms with E-state index < -0.39 is 0 Å². The number of benzene rings is 3. The number of nitrogens with one attached hydrogen (secondary N) is 1. The Kier molecular flexibility index (Phi) is 4.26. The number of fused-ring (bicyclic) bond motifs is 1. The van der Waals surface area contributed by atoms with Crippen LogP contribution in [-0.2, 0) is 0 Å². The van der Waals surface area contributed by atoms with Crippen LogP contribution in [0.3, 0.4) is 0 Å². The Morgan fingerprint density at radius 2 is 1.66 bits per heavy atom. The van der Waals surface area contributed by atoms with Crippen LogP contribution in [0.15, 0.2) is 97.6 Å². The Bertz CT molecular complexity index is 1260. The Hall–Kier alpha value is -3.99. The molecule has 0 fully saturated rings. The largest absolute Gasteiger partial charge is 0.335 e. The predicted molar refractivity (Wildman–Crippen MR) is 112 cm³/mol. The molecule has 0 aliphatic heterocycles. The van der Waals surface area contributed by atoms with E-state index in [2.05, 4.69) is 43.8 Å². The third-order valence-electron chi connectivity index (χ3n) is 5.01. The van der Waals surface area contributed by atoms with E-state index in [4.69, 9.17) is 0 Å². The summed E-state index contributed by atoms with van der Waals surface area (Å²) in [4.78, 5) is 24.7. The van der Waals surface area contributed by atoms with Crippen molar-refractivity contribution in [2.75, 3.05) is 0 Å². The average Bonchev–Trinajstić information content (AvgIpc) is 3.45. The molecule has 3 aromatic carbocycles. The molecule has 0 spiro atoms. The maximum Gasteiger partial charge on any atom is 0.228 e. The number of carbonyl (C=O) groups excluding carboxylic acids is 1. The lowest BCUT2D eigenvalue weighted by Crippen LogP contribution is -2.10. The molecule has 2 heterocycles. The Labute approximate surface area is 167 Å². The number of imidazole rings is 2. The third-order valence-corrected chi connectivity index (χ3v) is 5.01. The summed E-state index contributed by atoms with van der Waals surface area (Å²) >= 11 is 0. The molecule has 0 saturated carbocycles. The van der Waals surface area contributed by atoms with Gasteiger partial charge in [0, 0.05) is 18.0 Å². The Morgan fingerprint density at radius 3 is 2.38 bits per heavy atom. The molecule has 5 rings (SSSR count). The van der Waals surface area contributed by atoms with Crippen molar-refractivity contribution < 1.29 is 4.79 Å². The first-order chi connectivity index (χ1) is 14.3. The minimum Gasteiger partial charge on any atom is -0.335 e. The molecular formula is C24H18N4O. The predicted octanol–water partition coefficient (Wildman–Crippen LogP) is 4.63. The standard InChI is InChI=1S/C24H18N4O/c29-23(18-9-5-2-6-10-18)24-26-20-12-11-19(15-21(20)27-24)22(28-14-13-25-16-28)17-7-3-1-4-8-17/h1-16,22H,(H,26,27). The van der Waals surface area contributed by atoms with E-state index in [-0.39, 0.29) is 11.8 Å². The highest BCUT2D eigenvalue weighted by Gasteiger charge is 2.18. The van der Waals surface area contributed by atoms with Crippen LogP contribution >= 0.6 is 0 Å². The van der Waals surface area contributed by atoms with Gasteiger partial charge in [0.2, 0.25) is 5.78 Å². The van der Waals surface area contributed by atoms with Gasteiger partial charge in [0.05, 0.1) is 23.4 Å². The molecule has 0 aliphatic carbocycles. The van der Waals surface area contributed by atoms with Gasteiger partial charge in [-0.3, -0.25) is 4.79 Å². The maximum absolute atomic E-state index is 12.7. The highest BCUT2D eigenvalue weighted by molar-refractivity contribution is 6.07. The number of nitrogens with zero attached hydrogens (tertiary/aromatic N) is 3. The second-order valence-corrected chi connectivity index (χ2v) is 6.88. The normalized spacial score (nSPS) is 12.1. The zero-order valence-electron chi connectivity index (χ0n) is 15.6. The average molecular weight is 378 g/mol. The second-order valence-electron chi connectivity index (χ2n) is 6.88. The van der Waals surface area contributed by atoms with E-state index >= 15 is 0 Å². The second kappa shape index (κ2) is 7.20. The fourth-order valence-electron chi connectivity index (χ4n) is 3.63. The van der Waals surface area contributed by atoms with E-state index in [1.54, 1.807) is 18.3 Å². The third kappa shape index (κ3) is 3.23. The van der Waals surface area contributed by atoms with Crippen molar-refractivity contribution in [2.45, 2.75) is 6.04 Å². The molecule has 0 saturated heterocycles. The van der Waals surface area contributed by atoms with Crippen LogP contribution in [0.5, 0.6) is 0 Å². The van der Waals surface area contributed by atoms with E-state index in [9.17, 15) is 4.79 Å². The van der Waals surface area contributed by atoms with Crippen LogP contribution in [0.2, 0.25) is 0 Å². The van der Waals surface area contributed by atoms with Crippen LogP contribution in [0.25, 0.3) is 11.0 Å². The van der Waals surface area contributed by atoms with Crippen molar-refractivity contribution >= 4 is 16.8 Å². The first kappa shape index (κ1) is 17.1. The number of H-pyrrole nitrogens is 1. The van der Waals surface area contributed by atoms with Crippen LogP contribution in [0.4, 0.5) is 0 Å². The number of aromatic amines is 1. The van der Waals surface area contributed by atoms with Crippen molar-refractivity contribution in [3.8, 4) is 0 Å². The number of carbonyl (C=O) groups is 1. The fraction of sp³-hybridized carbons (Fsp3) is 0.0417. The molecule has 1 atom stereocenters. The first-order valence-electron chi connectivity index (χ1n) is 9.41. The van der Waals surface area contributed by atoms with E-state index in [0.717, 1.165) is 22.2 Å². The van der Waals surface area contributed by atoms with Crippen molar-refractivity contribution in [3.63, 3.8) is 0 Å². The zero-order valence-corrected chi connectivity index (χ0v) is 15.6. The lowest BCUT2D eigenvalue weighted by atomic mass is 9.98. The summed E-state index contributed by atoms with van der Waals surface area (Å²) in [5, 5.41) is 0. The molecule has 0 amide bonds. The molecule has 29 heavy (non-hydrogen) atoms. The van der Waals surface area contributed by atoms with Gasteiger partial charge in [0.15, 0.2) is 5.82 Å². The van der Waals surface area contributed by atoms with Gasteiger partial charge in [-0.1, -0.05) is 66.7 Å². The number of aromatic nitrogens is 4. The number of hydrogen-bond donors (Lipinski definition) is 1. The molecule has 5 aromatic rings. The Morgan fingerprint density at radius 1 is 0.897 bits per heavy atom. The van der Waals surface area contributed by atoms with Crippen molar-refractivity contribution in [2.24, 2.45) is 0 Å². The number of rotatable bonds is 5. The van der Waals surface area contributed by atoms with E-state index in [0.29, 0.717) is 11.4 Å². The van der Waals surface area contributed by atoms with Crippen molar-refractivity contribution in [1.82, 2.24) is 19.5 Å². The van der Waals surface area contributed by atoms with Gasteiger partial charge in [-0.25, -0.2) is 9.97 Å². The van der Waals surface area contributed by atoms with Crippen LogP contribution < -0.4 is 0 Å². The topological polar surface area (TPSA) is 63.6 Å². The lowest BCUT2D eigenvalue weighted by Gasteiger charge is -2.19. The van der Waals surface area contributed by atoms with Crippen LogP contribution in [0.1, 0.15) is 33.4 Å². The summed E-state index contributed by atoms with van der Waals surface area (Å²) in [6.07, 6.45) is 5.56. The quantitative estimate of drug-likeness (QED) is 0.454. The zero-order chi connectivity index (χ0) is 19.6. The highest BCUT2D eigenvalue weighted by Crippen LogP contribution is 2.28. The summed E-state index contributed by atoms with van der Waals surface area (Å²) in [6, 6.07) is 25.5. The fourth-order valence-corrected chi connectivity index (χ4v) is 3.63. The van der Waals surface area contributed by atoms with Gasteiger partial charge in [-0.05, 0) is 23.3 Å². The first-order valence-corrected chi connectivity index (χ1v) is 9.41. The number of hydrogen-bond acceptors (Lipinski definition) is 3.